The molecule has 0 aliphatic rings. The van der Waals surface area contributed by atoms with Gasteiger partial charge in [0.25, 0.3) is 0 Å². The average Bonchev–Trinajstić information content (AvgIpc) is 2.54. The summed E-state index contributed by atoms with van der Waals surface area (Å²) in [6.45, 7) is 3.42. The monoisotopic (exact) mass is 304 g/mol. The fraction of sp³-hybridized carbons (Fsp3) is 0.333. The largest absolute Gasteiger partial charge is 0.302 e. The molecule has 1 atom stereocenters. The van der Waals surface area contributed by atoms with Crippen molar-refractivity contribution >= 4 is 0 Å². The average molecular weight is 304 g/mol. The van der Waals surface area contributed by atoms with Crippen LogP contribution in [0.5, 0.6) is 0 Å². The second kappa shape index (κ2) is 8.61. The highest BCUT2D eigenvalue weighted by Gasteiger charge is 2.04. The van der Waals surface area contributed by atoms with E-state index >= 15 is 0 Å². The molecule has 0 amide bonds. The van der Waals surface area contributed by atoms with E-state index in [0.29, 0.717) is 6.54 Å². The lowest BCUT2D eigenvalue weighted by Gasteiger charge is -2.16. The van der Waals surface area contributed by atoms with Gasteiger partial charge >= 0.3 is 0 Å². The van der Waals surface area contributed by atoms with E-state index in [0.717, 1.165) is 31.0 Å². The van der Waals surface area contributed by atoms with Crippen molar-refractivity contribution in [2.24, 2.45) is 0 Å². The van der Waals surface area contributed by atoms with Gasteiger partial charge in [0, 0.05) is 6.54 Å². The van der Waals surface area contributed by atoms with Gasteiger partial charge in [-0.1, -0.05) is 36.4 Å². The highest BCUT2D eigenvalue weighted by molar-refractivity contribution is 5.17. The number of rotatable bonds is 8. The SMILES string of the molecule is CC(NCCCc1ccccc1)NCc1ccc(F)c(F)c1. The molecule has 2 aromatic rings. The summed E-state index contributed by atoms with van der Waals surface area (Å²) in [5.74, 6) is -1.61. The highest BCUT2D eigenvalue weighted by Crippen LogP contribution is 2.08. The molecule has 0 bridgehead atoms. The Kier molecular flexibility index (Phi) is 6.49. The van der Waals surface area contributed by atoms with Crippen molar-refractivity contribution in [3.8, 4) is 0 Å². The van der Waals surface area contributed by atoms with Crippen molar-refractivity contribution in [1.29, 1.82) is 0 Å². The van der Waals surface area contributed by atoms with Gasteiger partial charge in [-0.2, -0.15) is 0 Å². The van der Waals surface area contributed by atoms with Crippen molar-refractivity contribution in [2.45, 2.75) is 32.5 Å². The van der Waals surface area contributed by atoms with Gasteiger partial charge in [0.1, 0.15) is 0 Å². The zero-order valence-electron chi connectivity index (χ0n) is 12.8. The first-order chi connectivity index (χ1) is 10.6. The Balaban J connectivity index is 1.63. The lowest BCUT2D eigenvalue weighted by atomic mass is 10.1. The molecule has 2 aromatic carbocycles. The van der Waals surface area contributed by atoms with Crippen molar-refractivity contribution in [3.05, 3.63) is 71.3 Å². The standard InChI is InChI=1S/C18H22F2N2/c1-14(21-11-5-8-15-6-3-2-4-7-15)22-13-16-9-10-17(19)18(20)12-16/h2-4,6-7,9-10,12,14,21-22H,5,8,11,13H2,1H3. The molecule has 0 radical (unpaired) electrons. The molecule has 2 N–H and O–H groups in total. The first-order valence-corrected chi connectivity index (χ1v) is 7.60. The predicted molar refractivity (Wildman–Crippen MR) is 85.4 cm³/mol. The Morgan fingerprint density at radius 3 is 2.41 bits per heavy atom. The molecule has 1 unspecified atom stereocenters. The van der Waals surface area contributed by atoms with Crippen LogP contribution in [-0.2, 0) is 13.0 Å². The molecule has 0 spiro atoms. The molecule has 0 aromatic heterocycles. The number of hydrogen-bond acceptors (Lipinski definition) is 2. The Hall–Kier alpha value is -1.78. The quantitative estimate of drug-likeness (QED) is 0.575. The Morgan fingerprint density at radius 2 is 1.68 bits per heavy atom. The Morgan fingerprint density at radius 1 is 0.909 bits per heavy atom. The van der Waals surface area contributed by atoms with Crippen molar-refractivity contribution in [1.82, 2.24) is 10.6 Å². The molecular weight excluding hydrogens is 282 g/mol. The highest BCUT2D eigenvalue weighted by atomic mass is 19.2. The fourth-order valence-electron chi connectivity index (χ4n) is 2.25. The molecule has 0 aliphatic heterocycles. The molecule has 2 nitrogen and oxygen atoms in total. The number of benzene rings is 2. The van der Waals surface area contributed by atoms with E-state index in [-0.39, 0.29) is 6.17 Å². The van der Waals surface area contributed by atoms with Crippen LogP contribution in [0.25, 0.3) is 0 Å². The van der Waals surface area contributed by atoms with E-state index in [1.807, 2.05) is 13.0 Å². The van der Waals surface area contributed by atoms with Crippen LogP contribution in [0.2, 0.25) is 0 Å². The number of halogens is 2. The van der Waals surface area contributed by atoms with Gasteiger partial charge in [-0.3, -0.25) is 5.32 Å². The van der Waals surface area contributed by atoms with Crippen LogP contribution in [0.3, 0.4) is 0 Å². The lowest BCUT2D eigenvalue weighted by molar-refractivity contribution is 0.446. The summed E-state index contributed by atoms with van der Waals surface area (Å²) in [6.07, 6.45) is 2.22. The zero-order chi connectivity index (χ0) is 15.8. The third kappa shape index (κ3) is 5.54. The van der Waals surface area contributed by atoms with E-state index in [9.17, 15) is 8.78 Å². The predicted octanol–water partition coefficient (Wildman–Crippen LogP) is 3.62. The van der Waals surface area contributed by atoms with Crippen LogP contribution in [0.15, 0.2) is 48.5 Å². The normalized spacial score (nSPS) is 12.3. The minimum atomic E-state index is -0.809. The van der Waals surface area contributed by atoms with Gasteiger partial charge in [0.15, 0.2) is 11.6 Å². The lowest BCUT2D eigenvalue weighted by Crippen LogP contribution is -2.39. The zero-order valence-corrected chi connectivity index (χ0v) is 12.8. The molecule has 0 saturated carbocycles. The molecule has 0 fully saturated rings. The maximum Gasteiger partial charge on any atom is 0.159 e. The van der Waals surface area contributed by atoms with E-state index < -0.39 is 11.6 Å². The summed E-state index contributed by atoms with van der Waals surface area (Å²) in [7, 11) is 0. The van der Waals surface area contributed by atoms with Crippen LogP contribution in [0.4, 0.5) is 8.78 Å². The van der Waals surface area contributed by atoms with Crippen LogP contribution < -0.4 is 10.6 Å². The van der Waals surface area contributed by atoms with E-state index in [4.69, 9.17) is 0 Å². The molecule has 2 rings (SSSR count). The van der Waals surface area contributed by atoms with Crippen molar-refractivity contribution in [2.75, 3.05) is 6.54 Å². The molecule has 0 saturated heterocycles. The van der Waals surface area contributed by atoms with Crippen molar-refractivity contribution in [3.63, 3.8) is 0 Å². The molecule has 22 heavy (non-hydrogen) atoms. The van der Waals surface area contributed by atoms with Gasteiger partial charge < -0.3 is 5.32 Å². The summed E-state index contributed by atoms with van der Waals surface area (Å²) in [4.78, 5) is 0. The van der Waals surface area contributed by atoms with Crippen LogP contribution >= 0.6 is 0 Å². The maximum absolute atomic E-state index is 13.1. The van der Waals surface area contributed by atoms with E-state index in [1.165, 1.54) is 11.6 Å². The summed E-state index contributed by atoms with van der Waals surface area (Å²) in [6, 6.07) is 14.4. The van der Waals surface area contributed by atoms with E-state index in [1.54, 1.807) is 6.07 Å². The van der Waals surface area contributed by atoms with Crippen LogP contribution in [0, 0.1) is 11.6 Å². The van der Waals surface area contributed by atoms with Gasteiger partial charge in [0.05, 0.1) is 6.17 Å². The summed E-state index contributed by atoms with van der Waals surface area (Å²) in [5.41, 5.74) is 2.07. The summed E-state index contributed by atoms with van der Waals surface area (Å²) >= 11 is 0. The topological polar surface area (TPSA) is 24.1 Å². The van der Waals surface area contributed by atoms with Gasteiger partial charge in [-0.05, 0) is 49.6 Å². The first-order valence-electron chi connectivity index (χ1n) is 7.60. The molecule has 0 heterocycles. The van der Waals surface area contributed by atoms with Gasteiger partial charge in [0.2, 0.25) is 0 Å². The third-order valence-electron chi connectivity index (χ3n) is 3.53. The molecule has 4 heteroatoms. The van der Waals surface area contributed by atoms with Crippen LogP contribution in [-0.4, -0.2) is 12.7 Å². The number of hydrogen-bond donors (Lipinski definition) is 2. The fourth-order valence-corrected chi connectivity index (χ4v) is 2.25. The first kappa shape index (κ1) is 16.6. The number of nitrogens with one attached hydrogen (secondary N) is 2. The number of aryl methyl sites for hydroxylation is 1. The molecule has 118 valence electrons. The van der Waals surface area contributed by atoms with Gasteiger partial charge in [-0.25, -0.2) is 8.78 Å². The second-order valence-corrected chi connectivity index (χ2v) is 5.39. The summed E-state index contributed by atoms with van der Waals surface area (Å²) < 4.78 is 25.9. The third-order valence-corrected chi connectivity index (χ3v) is 3.53. The summed E-state index contributed by atoms with van der Waals surface area (Å²) in [5, 5.41) is 6.61. The Bertz CT molecular complexity index is 573. The van der Waals surface area contributed by atoms with E-state index in [2.05, 4.69) is 34.9 Å². The Labute approximate surface area is 130 Å². The van der Waals surface area contributed by atoms with Crippen LogP contribution in [0.1, 0.15) is 24.5 Å². The van der Waals surface area contributed by atoms with Gasteiger partial charge in [-0.15, -0.1) is 0 Å². The smallest absolute Gasteiger partial charge is 0.159 e. The second-order valence-electron chi connectivity index (χ2n) is 5.39. The maximum atomic E-state index is 13.1. The molecule has 0 aliphatic carbocycles. The minimum absolute atomic E-state index is 0.115. The molecular formula is C18H22F2N2. The van der Waals surface area contributed by atoms with Crippen molar-refractivity contribution < 1.29 is 8.78 Å². The minimum Gasteiger partial charge on any atom is -0.302 e.